The first-order chi connectivity index (χ1) is 9.92. The Bertz CT molecular complexity index is 538. The van der Waals surface area contributed by atoms with Crippen LogP contribution in [-0.4, -0.2) is 18.3 Å². The van der Waals surface area contributed by atoms with Crippen molar-refractivity contribution in [1.82, 2.24) is 5.32 Å². The van der Waals surface area contributed by atoms with E-state index in [1.807, 2.05) is 11.8 Å². The van der Waals surface area contributed by atoms with Gasteiger partial charge >= 0.3 is 0 Å². The second-order valence-corrected chi connectivity index (χ2v) is 6.49. The molecule has 20 heavy (non-hydrogen) atoms. The summed E-state index contributed by atoms with van der Waals surface area (Å²) >= 11 is 1.93. The van der Waals surface area contributed by atoms with Crippen LogP contribution in [0, 0.1) is 0 Å². The van der Waals surface area contributed by atoms with Gasteiger partial charge in [0.05, 0.1) is 0 Å². The van der Waals surface area contributed by atoms with Crippen molar-refractivity contribution < 1.29 is 0 Å². The minimum atomic E-state index is 0.654. The first kappa shape index (κ1) is 13.7. The Kier molecular flexibility index (Phi) is 4.77. The van der Waals surface area contributed by atoms with Gasteiger partial charge in [0.2, 0.25) is 0 Å². The van der Waals surface area contributed by atoms with E-state index in [1.165, 1.54) is 29.7 Å². The molecule has 0 radical (unpaired) electrons. The fourth-order valence-corrected chi connectivity index (χ4v) is 3.63. The van der Waals surface area contributed by atoms with Crippen LogP contribution in [0.3, 0.4) is 0 Å². The van der Waals surface area contributed by atoms with Crippen molar-refractivity contribution in [3.63, 3.8) is 0 Å². The Labute approximate surface area is 125 Å². The van der Waals surface area contributed by atoms with Crippen LogP contribution >= 0.6 is 11.8 Å². The molecule has 2 aromatic carbocycles. The van der Waals surface area contributed by atoms with E-state index in [-0.39, 0.29) is 0 Å². The predicted octanol–water partition coefficient (Wildman–Crippen LogP) is 3.93. The molecular formula is C18H21NS. The summed E-state index contributed by atoms with van der Waals surface area (Å²) in [5.41, 5.74) is 3.08. The summed E-state index contributed by atoms with van der Waals surface area (Å²) in [7, 11) is 0. The standard InChI is InChI=1S/C18H21NS/c1-2-8-18(9-3-1)20-13-12-19-17-11-10-15-6-4-5-7-16(15)14-17/h1-9,17,19H,10-14H2. The molecular weight excluding hydrogens is 262 g/mol. The Morgan fingerprint density at radius 2 is 1.70 bits per heavy atom. The summed E-state index contributed by atoms with van der Waals surface area (Å²) in [6, 6.07) is 20.2. The van der Waals surface area contributed by atoms with Crippen molar-refractivity contribution in [3.05, 3.63) is 65.7 Å². The lowest BCUT2D eigenvalue weighted by molar-refractivity contribution is 0.472. The first-order valence-electron chi connectivity index (χ1n) is 7.40. The lowest BCUT2D eigenvalue weighted by Gasteiger charge is -2.25. The lowest BCUT2D eigenvalue weighted by atomic mass is 9.88. The predicted molar refractivity (Wildman–Crippen MR) is 87.4 cm³/mol. The molecule has 0 fully saturated rings. The molecule has 3 rings (SSSR count). The largest absolute Gasteiger partial charge is 0.313 e. The quantitative estimate of drug-likeness (QED) is 0.659. The Morgan fingerprint density at radius 3 is 2.55 bits per heavy atom. The van der Waals surface area contributed by atoms with Gasteiger partial charge in [-0.15, -0.1) is 11.8 Å². The minimum absolute atomic E-state index is 0.654. The van der Waals surface area contributed by atoms with Gasteiger partial charge in [0, 0.05) is 23.2 Å². The normalized spacial score (nSPS) is 17.7. The maximum absolute atomic E-state index is 3.71. The number of rotatable bonds is 5. The van der Waals surface area contributed by atoms with Gasteiger partial charge in [-0.2, -0.15) is 0 Å². The zero-order valence-corrected chi connectivity index (χ0v) is 12.5. The number of benzene rings is 2. The number of nitrogens with one attached hydrogen (secondary N) is 1. The number of hydrogen-bond donors (Lipinski definition) is 1. The second-order valence-electron chi connectivity index (χ2n) is 5.32. The van der Waals surface area contributed by atoms with Gasteiger partial charge in [0.15, 0.2) is 0 Å². The topological polar surface area (TPSA) is 12.0 Å². The molecule has 0 amide bonds. The van der Waals surface area contributed by atoms with Gasteiger partial charge in [0.25, 0.3) is 0 Å². The molecule has 1 atom stereocenters. The highest BCUT2D eigenvalue weighted by Crippen LogP contribution is 2.21. The van der Waals surface area contributed by atoms with Crippen molar-refractivity contribution in [2.45, 2.75) is 30.2 Å². The molecule has 0 saturated heterocycles. The van der Waals surface area contributed by atoms with E-state index in [0.29, 0.717) is 6.04 Å². The van der Waals surface area contributed by atoms with Gasteiger partial charge < -0.3 is 5.32 Å². The first-order valence-corrected chi connectivity index (χ1v) is 8.38. The van der Waals surface area contributed by atoms with Gasteiger partial charge in [-0.3, -0.25) is 0 Å². The lowest BCUT2D eigenvalue weighted by Crippen LogP contribution is -2.35. The van der Waals surface area contributed by atoms with Crippen molar-refractivity contribution in [2.24, 2.45) is 0 Å². The smallest absolute Gasteiger partial charge is 0.0111 e. The molecule has 104 valence electrons. The molecule has 1 aliphatic rings. The monoisotopic (exact) mass is 283 g/mol. The van der Waals surface area contributed by atoms with E-state index in [0.717, 1.165) is 12.3 Å². The van der Waals surface area contributed by atoms with E-state index >= 15 is 0 Å². The average molecular weight is 283 g/mol. The third kappa shape index (κ3) is 3.65. The van der Waals surface area contributed by atoms with E-state index in [2.05, 4.69) is 59.9 Å². The third-order valence-corrected chi connectivity index (χ3v) is 4.91. The van der Waals surface area contributed by atoms with Gasteiger partial charge in [-0.05, 0) is 42.5 Å². The molecule has 1 nitrogen and oxygen atoms in total. The van der Waals surface area contributed by atoms with Crippen molar-refractivity contribution in [3.8, 4) is 0 Å². The summed E-state index contributed by atoms with van der Waals surface area (Å²) in [4.78, 5) is 1.36. The van der Waals surface area contributed by atoms with E-state index in [1.54, 1.807) is 5.56 Å². The number of thioether (sulfide) groups is 1. The minimum Gasteiger partial charge on any atom is -0.313 e. The highest BCUT2D eigenvalue weighted by molar-refractivity contribution is 7.99. The maximum Gasteiger partial charge on any atom is 0.0111 e. The molecule has 0 aliphatic heterocycles. The molecule has 1 aliphatic carbocycles. The van der Waals surface area contributed by atoms with Gasteiger partial charge in [-0.25, -0.2) is 0 Å². The van der Waals surface area contributed by atoms with Crippen LogP contribution in [0.25, 0.3) is 0 Å². The van der Waals surface area contributed by atoms with Crippen molar-refractivity contribution in [1.29, 1.82) is 0 Å². The van der Waals surface area contributed by atoms with Gasteiger partial charge in [0.1, 0.15) is 0 Å². The van der Waals surface area contributed by atoms with Crippen LogP contribution in [0.1, 0.15) is 17.5 Å². The summed E-state index contributed by atoms with van der Waals surface area (Å²) in [6.07, 6.45) is 3.68. The van der Waals surface area contributed by atoms with Crippen LogP contribution < -0.4 is 5.32 Å². The fraction of sp³-hybridized carbons (Fsp3) is 0.333. The number of fused-ring (bicyclic) bond motifs is 1. The zero-order valence-electron chi connectivity index (χ0n) is 11.7. The van der Waals surface area contributed by atoms with Crippen LogP contribution in [0.2, 0.25) is 0 Å². The Balaban J connectivity index is 1.42. The molecule has 0 aromatic heterocycles. The zero-order chi connectivity index (χ0) is 13.6. The van der Waals surface area contributed by atoms with Crippen LogP contribution in [0.15, 0.2) is 59.5 Å². The summed E-state index contributed by atoms with van der Waals surface area (Å²) < 4.78 is 0. The maximum atomic E-state index is 3.71. The summed E-state index contributed by atoms with van der Waals surface area (Å²) in [5, 5.41) is 3.71. The van der Waals surface area contributed by atoms with Crippen LogP contribution in [-0.2, 0) is 12.8 Å². The molecule has 0 spiro atoms. The average Bonchev–Trinajstić information content (AvgIpc) is 2.52. The molecule has 1 N–H and O–H groups in total. The highest BCUT2D eigenvalue weighted by Gasteiger charge is 2.17. The van der Waals surface area contributed by atoms with Crippen molar-refractivity contribution >= 4 is 11.8 Å². The fourth-order valence-electron chi connectivity index (χ4n) is 2.82. The number of hydrogen-bond acceptors (Lipinski definition) is 2. The van der Waals surface area contributed by atoms with E-state index in [4.69, 9.17) is 0 Å². The number of aryl methyl sites for hydroxylation is 1. The molecule has 2 aromatic rings. The van der Waals surface area contributed by atoms with Crippen LogP contribution in [0.4, 0.5) is 0 Å². The van der Waals surface area contributed by atoms with Crippen molar-refractivity contribution in [2.75, 3.05) is 12.3 Å². The summed E-state index contributed by atoms with van der Waals surface area (Å²) in [5.74, 6) is 1.14. The molecule has 0 saturated carbocycles. The van der Waals surface area contributed by atoms with E-state index in [9.17, 15) is 0 Å². The Hall–Kier alpha value is -1.25. The SMILES string of the molecule is c1ccc(SCCNC2CCc3ccccc3C2)cc1. The molecule has 0 heterocycles. The molecule has 1 unspecified atom stereocenters. The second kappa shape index (κ2) is 6.96. The molecule has 0 bridgehead atoms. The summed E-state index contributed by atoms with van der Waals surface area (Å²) in [6.45, 7) is 1.09. The van der Waals surface area contributed by atoms with Crippen LogP contribution in [0.5, 0.6) is 0 Å². The molecule has 2 heteroatoms. The third-order valence-electron chi connectivity index (χ3n) is 3.89. The Morgan fingerprint density at radius 1 is 0.950 bits per heavy atom. The van der Waals surface area contributed by atoms with Gasteiger partial charge in [-0.1, -0.05) is 42.5 Å². The highest BCUT2D eigenvalue weighted by atomic mass is 32.2. The van der Waals surface area contributed by atoms with E-state index < -0.39 is 0 Å².